The molecular weight excluding hydrogens is 413 g/mol. The van der Waals surface area contributed by atoms with E-state index in [1.165, 1.54) is 0 Å². The van der Waals surface area contributed by atoms with Crippen LogP contribution in [0, 0.1) is 13.8 Å². The molecule has 2 aromatic rings. The third-order valence-electron chi connectivity index (χ3n) is 3.52. The van der Waals surface area contributed by atoms with Crippen LogP contribution in [0.5, 0.6) is 11.5 Å². The Bertz CT molecular complexity index is 902. The van der Waals surface area contributed by atoms with Gasteiger partial charge in [0, 0.05) is 5.56 Å². The molecule has 0 radical (unpaired) electrons. The topological polar surface area (TPSA) is 104 Å². The zero-order valence-electron chi connectivity index (χ0n) is 15.2. The van der Waals surface area contributed by atoms with Crippen molar-refractivity contribution in [2.75, 3.05) is 20.3 Å². The molecule has 0 amide bonds. The Morgan fingerprint density at radius 2 is 1.68 bits per heavy atom. The molecular formula is C18H17Cl2NO7. The SMILES string of the molecule is COC(=O)Oc1c(C)nc(C)c(OC(=O)OCCO)c1-c1cccc(Cl)c1Cl. The number of carbonyl (C=O) groups excluding carboxylic acids is 2. The summed E-state index contributed by atoms with van der Waals surface area (Å²) in [5.74, 6) is -0.0665. The number of benzene rings is 1. The zero-order chi connectivity index (χ0) is 20.8. The maximum atomic E-state index is 12.0. The molecule has 0 unspecified atom stereocenters. The number of carbonyl (C=O) groups is 2. The summed E-state index contributed by atoms with van der Waals surface area (Å²) in [6, 6.07) is 4.81. The molecule has 10 heteroatoms. The van der Waals surface area contributed by atoms with E-state index in [-0.39, 0.29) is 40.3 Å². The van der Waals surface area contributed by atoms with E-state index in [4.69, 9.17) is 42.5 Å². The number of aromatic nitrogens is 1. The van der Waals surface area contributed by atoms with E-state index in [1.807, 2.05) is 0 Å². The minimum absolute atomic E-state index is 0.0217. The molecule has 8 nitrogen and oxygen atoms in total. The van der Waals surface area contributed by atoms with Crippen LogP contribution in [0.4, 0.5) is 9.59 Å². The molecule has 150 valence electrons. The highest BCUT2D eigenvalue weighted by molar-refractivity contribution is 6.43. The van der Waals surface area contributed by atoms with Gasteiger partial charge < -0.3 is 24.1 Å². The molecule has 0 saturated heterocycles. The summed E-state index contributed by atoms with van der Waals surface area (Å²) in [7, 11) is 1.15. The van der Waals surface area contributed by atoms with Crippen LogP contribution >= 0.6 is 23.2 Å². The number of hydrogen-bond donors (Lipinski definition) is 1. The molecule has 0 bridgehead atoms. The van der Waals surface area contributed by atoms with Gasteiger partial charge in [-0.1, -0.05) is 35.3 Å². The highest BCUT2D eigenvalue weighted by Crippen LogP contribution is 2.46. The van der Waals surface area contributed by atoms with Crippen molar-refractivity contribution in [3.05, 3.63) is 39.6 Å². The average Bonchev–Trinajstić information content (AvgIpc) is 2.66. The fourth-order valence-electron chi connectivity index (χ4n) is 2.38. The lowest BCUT2D eigenvalue weighted by atomic mass is 10.0. The third kappa shape index (κ3) is 4.83. The van der Waals surface area contributed by atoms with Gasteiger partial charge in [0.05, 0.1) is 40.7 Å². The summed E-state index contributed by atoms with van der Waals surface area (Å²) in [4.78, 5) is 27.9. The normalized spacial score (nSPS) is 10.4. The van der Waals surface area contributed by atoms with Gasteiger partial charge in [-0.25, -0.2) is 9.59 Å². The molecule has 0 aliphatic rings. The first kappa shape index (κ1) is 21.7. The number of ether oxygens (including phenoxy) is 4. The first-order chi connectivity index (χ1) is 13.3. The summed E-state index contributed by atoms with van der Waals surface area (Å²) in [5.41, 5.74) is 1.14. The van der Waals surface area contributed by atoms with Crippen LogP contribution in [-0.2, 0) is 9.47 Å². The van der Waals surface area contributed by atoms with Gasteiger partial charge in [-0.3, -0.25) is 4.98 Å². The van der Waals surface area contributed by atoms with Crippen molar-refractivity contribution >= 4 is 35.5 Å². The number of nitrogens with zero attached hydrogens (tertiary/aromatic N) is 1. The molecule has 2 rings (SSSR count). The number of methoxy groups -OCH3 is 1. The maximum absolute atomic E-state index is 12.0. The number of aryl methyl sites for hydroxylation is 2. The Hall–Kier alpha value is -2.55. The fraction of sp³-hybridized carbons (Fsp3) is 0.278. The summed E-state index contributed by atoms with van der Waals surface area (Å²) < 4.78 is 19.8. The number of aliphatic hydroxyl groups excluding tert-OH is 1. The largest absolute Gasteiger partial charge is 0.514 e. The fourth-order valence-corrected chi connectivity index (χ4v) is 2.77. The lowest BCUT2D eigenvalue weighted by molar-refractivity contribution is 0.0805. The van der Waals surface area contributed by atoms with Crippen LogP contribution in [0.15, 0.2) is 18.2 Å². The van der Waals surface area contributed by atoms with E-state index in [2.05, 4.69) is 9.72 Å². The van der Waals surface area contributed by atoms with Crippen LogP contribution in [0.25, 0.3) is 11.1 Å². The van der Waals surface area contributed by atoms with Gasteiger partial charge in [0.15, 0.2) is 11.5 Å². The van der Waals surface area contributed by atoms with Gasteiger partial charge in [0.1, 0.15) is 6.61 Å². The highest BCUT2D eigenvalue weighted by Gasteiger charge is 2.26. The van der Waals surface area contributed by atoms with Crippen LogP contribution in [0.1, 0.15) is 11.4 Å². The molecule has 0 aliphatic carbocycles. The molecule has 0 atom stereocenters. The minimum atomic E-state index is -1.08. The molecule has 1 heterocycles. The van der Waals surface area contributed by atoms with E-state index in [0.29, 0.717) is 17.0 Å². The number of aliphatic hydroxyl groups is 1. The van der Waals surface area contributed by atoms with Crippen molar-refractivity contribution in [3.8, 4) is 22.6 Å². The van der Waals surface area contributed by atoms with Gasteiger partial charge >= 0.3 is 12.3 Å². The second-order valence-electron chi connectivity index (χ2n) is 5.40. The Morgan fingerprint density at radius 3 is 2.25 bits per heavy atom. The standard InChI is InChI=1S/C18H17Cl2NO7/c1-9-15(27-17(23)25-3)13(11-5-4-6-12(19)14(11)20)16(10(2)21-9)28-18(24)26-8-7-22/h4-6,22H,7-8H2,1-3H3. The Morgan fingerprint density at radius 1 is 1.07 bits per heavy atom. The maximum Gasteiger partial charge on any atom is 0.514 e. The predicted molar refractivity (Wildman–Crippen MR) is 101 cm³/mol. The van der Waals surface area contributed by atoms with Crippen LogP contribution in [0.2, 0.25) is 10.0 Å². The molecule has 1 aromatic carbocycles. The lowest BCUT2D eigenvalue weighted by Crippen LogP contribution is -2.16. The van der Waals surface area contributed by atoms with Crippen molar-refractivity contribution in [2.24, 2.45) is 0 Å². The first-order valence-electron chi connectivity index (χ1n) is 7.97. The van der Waals surface area contributed by atoms with Crippen LogP contribution in [0.3, 0.4) is 0 Å². The molecule has 0 aliphatic heterocycles. The Balaban J connectivity index is 2.72. The third-order valence-corrected chi connectivity index (χ3v) is 4.34. The first-order valence-corrected chi connectivity index (χ1v) is 8.72. The molecule has 0 saturated carbocycles. The van der Waals surface area contributed by atoms with Gasteiger partial charge in [-0.15, -0.1) is 0 Å². The zero-order valence-corrected chi connectivity index (χ0v) is 16.8. The monoisotopic (exact) mass is 429 g/mol. The van der Waals surface area contributed by atoms with Crippen molar-refractivity contribution in [1.82, 2.24) is 4.98 Å². The van der Waals surface area contributed by atoms with E-state index in [9.17, 15) is 9.59 Å². The average molecular weight is 430 g/mol. The summed E-state index contributed by atoms with van der Waals surface area (Å²) >= 11 is 12.5. The van der Waals surface area contributed by atoms with Crippen molar-refractivity contribution in [3.63, 3.8) is 0 Å². The van der Waals surface area contributed by atoms with Crippen molar-refractivity contribution in [1.29, 1.82) is 0 Å². The predicted octanol–water partition coefficient (Wildman–Crippen LogP) is 4.33. The number of rotatable bonds is 5. The smallest absolute Gasteiger partial charge is 0.437 e. The van der Waals surface area contributed by atoms with Gasteiger partial charge in [-0.05, 0) is 19.9 Å². The summed E-state index contributed by atoms with van der Waals surface area (Å²) in [5, 5.41) is 9.18. The summed E-state index contributed by atoms with van der Waals surface area (Å²) in [6.07, 6.45) is -2.08. The molecule has 28 heavy (non-hydrogen) atoms. The second-order valence-corrected chi connectivity index (χ2v) is 6.18. The van der Waals surface area contributed by atoms with Crippen LogP contribution < -0.4 is 9.47 Å². The number of halogens is 2. The molecule has 0 spiro atoms. The van der Waals surface area contributed by atoms with E-state index >= 15 is 0 Å². The molecule has 0 fully saturated rings. The quantitative estimate of drug-likeness (QED) is 0.700. The minimum Gasteiger partial charge on any atom is -0.437 e. The number of hydrogen-bond acceptors (Lipinski definition) is 8. The Labute approximate surface area is 170 Å². The van der Waals surface area contributed by atoms with E-state index in [1.54, 1.807) is 32.0 Å². The van der Waals surface area contributed by atoms with Crippen molar-refractivity contribution in [2.45, 2.75) is 13.8 Å². The van der Waals surface area contributed by atoms with Crippen LogP contribution in [-0.4, -0.2) is 42.7 Å². The van der Waals surface area contributed by atoms with Crippen molar-refractivity contribution < 1.29 is 33.6 Å². The van der Waals surface area contributed by atoms with E-state index in [0.717, 1.165) is 7.11 Å². The lowest BCUT2D eigenvalue weighted by Gasteiger charge is -2.18. The molecule has 1 N–H and O–H groups in total. The van der Waals surface area contributed by atoms with E-state index < -0.39 is 12.3 Å². The second kappa shape index (κ2) is 9.59. The Kier molecular flexibility index (Phi) is 7.45. The van der Waals surface area contributed by atoms with Gasteiger partial charge in [-0.2, -0.15) is 0 Å². The van der Waals surface area contributed by atoms with Gasteiger partial charge in [0.2, 0.25) is 0 Å². The highest BCUT2D eigenvalue weighted by atomic mass is 35.5. The summed E-state index contributed by atoms with van der Waals surface area (Å²) in [6.45, 7) is 2.56. The molecule has 1 aromatic heterocycles. The van der Waals surface area contributed by atoms with Gasteiger partial charge in [0.25, 0.3) is 0 Å². The number of pyridine rings is 1.